The SMILES string of the molecule is CC1(C)C(c2nc(C(=O)O)no2)C1(C)C. The summed E-state index contributed by atoms with van der Waals surface area (Å²) in [5, 5.41) is 12.1. The Hall–Kier alpha value is -1.39. The van der Waals surface area contributed by atoms with Gasteiger partial charge in [-0.3, -0.25) is 0 Å². The van der Waals surface area contributed by atoms with E-state index in [1.807, 2.05) is 0 Å². The summed E-state index contributed by atoms with van der Waals surface area (Å²) in [6.07, 6.45) is 0. The Morgan fingerprint density at radius 2 is 1.87 bits per heavy atom. The van der Waals surface area contributed by atoms with E-state index in [4.69, 9.17) is 9.63 Å². The molecular formula is C10H14N2O3. The Balaban J connectivity index is 2.30. The van der Waals surface area contributed by atoms with Crippen LogP contribution in [0.15, 0.2) is 4.52 Å². The van der Waals surface area contributed by atoms with Crippen molar-refractivity contribution in [3.63, 3.8) is 0 Å². The molecule has 0 bridgehead atoms. The van der Waals surface area contributed by atoms with Crippen LogP contribution in [-0.2, 0) is 0 Å². The molecule has 0 aliphatic heterocycles. The quantitative estimate of drug-likeness (QED) is 0.806. The third-order valence-corrected chi connectivity index (χ3v) is 3.90. The van der Waals surface area contributed by atoms with Crippen LogP contribution in [0.3, 0.4) is 0 Å². The fraction of sp³-hybridized carbons (Fsp3) is 0.700. The summed E-state index contributed by atoms with van der Waals surface area (Å²) in [5.41, 5.74) is 0.157. The van der Waals surface area contributed by atoms with Gasteiger partial charge in [0.15, 0.2) is 0 Å². The molecular weight excluding hydrogens is 196 g/mol. The van der Waals surface area contributed by atoms with E-state index in [1.165, 1.54) is 0 Å². The summed E-state index contributed by atoms with van der Waals surface area (Å²) >= 11 is 0. The molecule has 1 fully saturated rings. The van der Waals surface area contributed by atoms with Gasteiger partial charge in [-0.25, -0.2) is 4.79 Å². The van der Waals surface area contributed by atoms with Gasteiger partial charge in [0.1, 0.15) is 0 Å². The summed E-state index contributed by atoms with van der Waals surface area (Å²) in [7, 11) is 0. The normalized spacial score (nSPS) is 22.7. The van der Waals surface area contributed by atoms with Crippen LogP contribution < -0.4 is 0 Å². The fourth-order valence-corrected chi connectivity index (χ4v) is 2.25. The van der Waals surface area contributed by atoms with Crippen molar-refractivity contribution in [2.24, 2.45) is 10.8 Å². The van der Waals surface area contributed by atoms with Crippen LogP contribution in [0.25, 0.3) is 0 Å². The van der Waals surface area contributed by atoms with Crippen molar-refractivity contribution in [3.8, 4) is 0 Å². The van der Waals surface area contributed by atoms with E-state index in [0.29, 0.717) is 5.89 Å². The molecule has 2 rings (SSSR count). The first-order chi connectivity index (χ1) is 6.78. The number of carbonyl (C=O) groups is 1. The van der Waals surface area contributed by atoms with Gasteiger partial charge in [-0.05, 0) is 16.0 Å². The highest BCUT2D eigenvalue weighted by Gasteiger charge is 2.68. The largest absolute Gasteiger partial charge is 0.475 e. The molecule has 1 heterocycles. The lowest BCUT2D eigenvalue weighted by Crippen LogP contribution is -1.99. The van der Waals surface area contributed by atoms with Crippen molar-refractivity contribution >= 4 is 5.97 Å². The monoisotopic (exact) mass is 210 g/mol. The van der Waals surface area contributed by atoms with E-state index in [-0.39, 0.29) is 22.6 Å². The van der Waals surface area contributed by atoms with E-state index in [0.717, 1.165) is 0 Å². The Morgan fingerprint density at radius 1 is 1.33 bits per heavy atom. The Bertz CT molecular complexity index is 406. The maximum absolute atomic E-state index is 10.6. The van der Waals surface area contributed by atoms with Crippen molar-refractivity contribution in [1.82, 2.24) is 10.1 Å². The Morgan fingerprint density at radius 3 is 2.20 bits per heavy atom. The zero-order valence-corrected chi connectivity index (χ0v) is 9.24. The first-order valence-electron chi connectivity index (χ1n) is 4.85. The summed E-state index contributed by atoms with van der Waals surface area (Å²) in [5.74, 6) is -0.835. The molecule has 5 heteroatoms. The summed E-state index contributed by atoms with van der Waals surface area (Å²) in [6, 6.07) is 0. The van der Waals surface area contributed by atoms with E-state index < -0.39 is 5.97 Å². The average molecular weight is 210 g/mol. The van der Waals surface area contributed by atoms with E-state index in [2.05, 4.69) is 37.8 Å². The number of hydrogen-bond acceptors (Lipinski definition) is 4. The van der Waals surface area contributed by atoms with E-state index in [9.17, 15) is 4.79 Å². The second kappa shape index (κ2) is 2.59. The first kappa shape index (κ1) is 10.1. The van der Waals surface area contributed by atoms with Gasteiger partial charge in [0.25, 0.3) is 5.82 Å². The lowest BCUT2D eigenvalue weighted by molar-refractivity contribution is 0.0680. The zero-order chi connectivity index (χ0) is 11.4. The maximum atomic E-state index is 10.6. The van der Waals surface area contributed by atoms with Crippen LogP contribution in [-0.4, -0.2) is 21.2 Å². The molecule has 1 aromatic rings. The number of carboxylic acids is 1. The standard InChI is InChI=1S/C10H14N2O3/c1-9(2)5(10(9,3)4)7-11-6(8(13)14)12-15-7/h5H,1-4H3,(H,13,14). The highest BCUT2D eigenvalue weighted by atomic mass is 16.5. The highest BCUT2D eigenvalue weighted by Crippen LogP contribution is 2.73. The number of hydrogen-bond donors (Lipinski definition) is 1. The molecule has 0 atom stereocenters. The Labute approximate surface area is 87.5 Å². The molecule has 0 saturated heterocycles. The van der Waals surface area contributed by atoms with Crippen molar-refractivity contribution < 1.29 is 14.4 Å². The van der Waals surface area contributed by atoms with Gasteiger partial charge in [-0.2, -0.15) is 4.98 Å². The van der Waals surface area contributed by atoms with Gasteiger partial charge in [-0.15, -0.1) is 0 Å². The third kappa shape index (κ3) is 1.19. The van der Waals surface area contributed by atoms with E-state index >= 15 is 0 Å². The minimum atomic E-state index is -1.15. The topological polar surface area (TPSA) is 76.2 Å². The Kier molecular flexibility index (Phi) is 1.75. The number of rotatable bonds is 2. The van der Waals surface area contributed by atoms with Crippen LogP contribution in [0.1, 0.15) is 50.1 Å². The summed E-state index contributed by atoms with van der Waals surface area (Å²) in [6.45, 7) is 8.45. The molecule has 5 nitrogen and oxygen atoms in total. The smallest absolute Gasteiger partial charge is 0.377 e. The lowest BCUT2D eigenvalue weighted by Gasteiger charge is -2.03. The molecule has 0 aromatic carbocycles. The zero-order valence-electron chi connectivity index (χ0n) is 9.24. The first-order valence-corrected chi connectivity index (χ1v) is 4.85. The minimum absolute atomic E-state index is 0.0787. The van der Waals surface area contributed by atoms with E-state index in [1.54, 1.807) is 0 Å². The van der Waals surface area contributed by atoms with Gasteiger partial charge in [0.2, 0.25) is 5.89 Å². The number of carboxylic acid groups (broad SMARTS) is 1. The molecule has 15 heavy (non-hydrogen) atoms. The third-order valence-electron chi connectivity index (χ3n) is 3.90. The van der Waals surface area contributed by atoms with Crippen molar-refractivity contribution in [2.45, 2.75) is 33.6 Å². The van der Waals surface area contributed by atoms with Crippen molar-refractivity contribution in [1.29, 1.82) is 0 Å². The molecule has 1 aromatic heterocycles. The van der Waals surface area contributed by atoms with Gasteiger partial charge < -0.3 is 9.63 Å². The molecule has 1 aliphatic rings. The fourth-order valence-electron chi connectivity index (χ4n) is 2.25. The maximum Gasteiger partial charge on any atom is 0.377 e. The van der Waals surface area contributed by atoms with Crippen LogP contribution in [0.2, 0.25) is 0 Å². The summed E-state index contributed by atoms with van der Waals surface area (Å²) in [4.78, 5) is 14.5. The van der Waals surface area contributed by atoms with Crippen molar-refractivity contribution in [2.75, 3.05) is 0 Å². The molecule has 0 spiro atoms. The molecule has 82 valence electrons. The minimum Gasteiger partial charge on any atom is -0.475 e. The number of aromatic carboxylic acids is 1. The number of aromatic nitrogens is 2. The average Bonchev–Trinajstić information content (AvgIpc) is 2.52. The van der Waals surface area contributed by atoms with Crippen LogP contribution in [0, 0.1) is 10.8 Å². The summed E-state index contributed by atoms with van der Waals surface area (Å²) < 4.78 is 4.98. The molecule has 0 amide bonds. The van der Waals surface area contributed by atoms with Gasteiger partial charge in [-0.1, -0.05) is 27.7 Å². The van der Waals surface area contributed by atoms with Gasteiger partial charge in [0, 0.05) is 5.92 Å². The molecule has 0 radical (unpaired) electrons. The second-order valence-electron chi connectivity index (χ2n) is 5.14. The van der Waals surface area contributed by atoms with Crippen LogP contribution >= 0.6 is 0 Å². The van der Waals surface area contributed by atoms with Crippen molar-refractivity contribution in [3.05, 3.63) is 11.7 Å². The van der Waals surface area contributed by atoms with Crippen LogP contribution in [0.4, 0.5) is 0 Å². The highest BCUT2D eigenvalue weighted by molar-refractivity contribution is 5.82. The molecule has 1 aliphatic carbocycles. The molecule has 1 saturated carbocycles. The number of nitrogens with zero attached hydrogens (tertiary/aromatic N) is 2. The van der Waals surface area contributed by atoms with Gasteiger partial charge in [0.05, 0.1) is 0 Å². The predicted molar refractivity (Wildman–Crippen MR) is 51.6 cm³/mol. The predicted octanol–water partition coefficient (Wildman–Crippen LogP) is 1.92. The van der Waals surface area contributed by atoms with Gasteiger partial charge >= 0.3 is 5.97 Å². The second-order valence-corrected chi connectivity index (χ2v) is 5.14. The lowest BCUT2D eigenvalue weighted by atomic mass is 10.0. The van der Waals surface area contributed by atoms with Crippen LogP contribution in [0.5, 0.6) is 0 Å². The molecule has 0 unspecified atom stereocenters. The molecule has 1 N–H and O–H groups in total.